The second-order valence-electron chi connectivity index (χ2n) is 8.63. The summed E-state index contributed by atoms with van der Waals surface area (Å²) in [6.45, 7) is 0.486. The fourth-order valence-electron chi connectivity index (χ4n) is 4.34. The van der Waals surface area contributed by atoms with E-state index in [9.17, 15) is 30.6 Å². The van der Waals surface area contributed by atoms with Crippen LogP contribution < -0.4 is 10.6 Å². The minimum Gasteiger partial charge on any atom is -0.394 e. The molecule has 11 nitrogen and oxygen atoms in total. The van der Waals surface area contributed by atoms with E-state index >= 15 is 0 Å². The average Bonchev–Trinajstić information content (AvgIpc) is 2.81. The van der Waals surface area contributed by atoms with Crippen molar-refractivity contribution >= 4 is 29.1 Å². The molecule has 0 aromatic carbocycles. The highest BCUT2D eigenvalue weighted by molar-refractivity contribution is 7.99. The van der Waals surface area contributed by atoms with Crippen molar-refractivity contribution in [2.75, 3.05) is 31.3 Å². The number of thioether (sulfide) groups is 1. The van der Waals surface area contributed by atoms with Gasteiger partial charge in [-0.05, 0) is 25.1 Å². The van der Waals surface area contributed by atoms with Gasteiger partial charge in [-0.2, -0.15) is 11.8 Å². The summed E-state index contributed by atoms with van der Waals surface area (Å²) in [5.41, 5.74) is 0. The van der Waals surface area contributed by atoms with E-state index in [1.54, 1.807) is 11.8 Å². The Morgan fingerprint density at radius 1 is 0.909 bits per heavy atom. The zero-order valence-corrected chi connectivity index (χ0v) is 20.0. The lowest BCUT2D eigenvalue weighted by Crippen LogP contribution is -2.64. The van der Waals surface area contributed by atoms with Gasteiger partial charge in [0.1, 0.15) is 30.5 Å². The largest absolute Gasteiger partial charge is 0.394 e. The van der Waals surface area contributed by atoms with Crippen molar-refractivity contribution in [2.45, 2.75) is 80.9 Å². The summed E-state index contributed by atoms with van der Waals surface area (Å²) in [6, 6.07) is 0. The first-order valence-corrected chi connectivity index (χ1v) is 13.0. The Bertz CT molecular complexity index is 618. The lowest BCUT2D eigenvalue weighted by Gasteiger charge is -2.43. The zero-order valence-electron chi connectivity index (χ0n) is 18.4. The maximum atomic E-state index is 10.5. The summed E-state index contributed by atoms with van der Waals surface area (Å²) >= 11 is 6.82. The van der Waals surface area contributed by atoms with Crippen molar-refractivity contribution in [3.8, 4) is 0 Å². The normalized spacial score (nSPS) is 42.0. The molecule has 4 fully saturated rings. The van der Waals surface area contributed by atoms with Crippen LogP contribution in [0.4, 0.5) is 0 Å². The molecule has 0 saturated carbocycles. The van der Waals surface area contributed by atoms with Crippen molar-refractivity contribution in [3.05, 3.63) is 0 Å². The first-order chi connectivity index (χ1) is 15.8. The molecule has 8 N–H and O–H groups in total. The van der Waals surface area contributed by atoms with Gasteiger partial charge in [0.2, 0.25) is 0 Å². The summed E-state index contributed by atoms with van der Waals surface area (Å²) in [6.07, 6.45) is -5.67. The molecule has 0 radical (unpaired) electrons. The summed E-state index contributed by atoms with van der Waals surface area (Å²) in [4.78, 5) is 0. The van der Waals surface area contributed by atoms with Gasteiger partial charge in [-0.15, -0.1) is 0 Å². The molecule has 4 aliphatic heterocycles. The third kappa shape index (κ3) is 7.10. The van der Waals surface area contributed by atoms with Crippen LogP contribution in [0.15, 0.2) is 0 Å². The van der Waals surface area contributed by atoms with Crippen LogP contribution in [0.5, 0.6) is 0 Å². The van der Waals surface area contributed by atoms with Crippen LogP contribution in [-0.2, 0) is 14.2 Å². The van der Waals surface area contributed by atoms with Crippen LogP contribution in [0.2, 0.25) is 0 Å². The Balaban J connectivity index is 1.39. The van der Waals surface area contributed by atoms with E-state index < -0.39 is 55.7 Å². The Labute approximate surface area is 202 Å². The molecule has 0 spiro atoms. The van der Waals surface area contributed by atoms with Crippen molar-refractivity contribution < 1.29 is 44.8 Å². The van der Waals surface area contributed by atoms with Gasteiger partial charge < -0.3 is 55.5 Å². The Kier molecular flexibility index (Phi) is 10.8. The molecule has 0 aromatic heterocycles. The van der Waals surface area contributed by atoms with Gasteiger partial charge in [-0.1, -0.05) is 12.8 Å². The smallest absolute Gasteiger partial charge is 0.186 e. The fraction of sp³-hybridized carbons (Fsp3) is 0.950. The number of ether oxygens (including phenoxy) is 3. The van der Waals surface area contributed by atoms with Gasteiger partial charge in [0.05, 0.1) is 18.8 Å². The number of hydrogen-bond acceptors (Lipinski definition) is 11. The number of aliphatic hydroxyl groups excluding tert-OH is 6. The molecule has 33 heavy (non-hydrogen) atoms. The predicted octanol–water partition coefficient (Wildman–Crippen LogP) is -2.36. The highest BCUT2D eigenvalue weighted by Gasteiger charge is 2.45. The second kappa shape index (κ2) is 13.1. The first-order valence-electron chi connectivity index (χ1n) is 11.4. The van der Waals surface area contributed by atoms with Gasteiger partial charge >= 0.3 is 0 Å². The summed E-state index contributed by atoms with van der Waals surface area (Å²) in [5, 5.41) is 65.7. The van der Waals surface area contributed by atoms with Crippen LogP contribution in [0.1, 0.15) is 25.7 Å². The molecule has 4 heterocycles. The Morgan fingerprint density at radius 2 is 1.70 bits per heavy atom. The van der Waals surface area contributed by atoms with E-state index in [1.807, 2.05) is 0 Å². The molecule has 0 amide bonds. The number of fused-ring (bicyclic) bond motifs is 7. The molecule has 2 bridgehead atoms. The zero-order chi connectivity index (χ0) is 24.0. The Hall–Kier alpha value is -0.320. The molecule has 0 aromatic rings. The van der Waals surface area contributed by atoms with E-state index in [1.165, 1.54) is 0 Å². The lowest BCUT2D eigenvalue weighted by molar-refractivity contribution is -0.284. The SMILES string of the molecule is OCC1O[C@@H](NC(=S)NCCSCC2O[C@H]3OCCCCCC2[C@H](O)[C@H]3O)[C@H](O)C(O)[C@H]1O. The van der Waals surface area contributed by atoms with Gasteiger partial charge in [0.15, 0.2) is 17.6 Å². The molecule has 4 saturated heterocycles. The predicted molar refractivity (Wildman–Crippen MR) is 123 cm³/mol. The lowest BCUT2D eigenvalue weighted by atomic mass is 9.85. The summed E-state index contributed by atoms with van der Waals surface area (Å²) in [5.74, 6) is 1.16. The molecule has 0 aliphatic carbocycles. The number of hydrogen-bond donors (Lipinski definition) is 8. The second-order valence-corrected chi connectivity index (χ2v) is 10.2. The summed E-state index contributed by atoms with van der Waals surface area (Å²) < 4.78 is 17.0. The fourth-order valence-corrected chi connectivity index (χ4v) is 5.53. The third-order valence-corrected chi connectivity index (χ3v) is 7.62. The van der Waals surface area contributed by atoms with E-state index in [2.05, 4.69) is 10.6 Å². The van der Waals surface area contributed by atoms with E-state index in [0.717, 1.165) is 25.7 Å². The first kappa shape index (κ1) is 27.3. The van der Waals surface area contributed by atoms with Gasteiger partial charge in [0, 0.05) is 30.6 Å². The molecule has 4 unspecified atom stereocenters. The summed E-state index contributed by atoms with van der Waals surface area (Å²) in [7, 11) is 0. The van der Waals surface area contributed by atoms with Crippen molar-refractivity contribution in [2.24, 2.45) is 5.92 Å². The highest BCUT2D eigenvalue weighted by Crippen LogP contribution is 2.33. The highest BCUT2D eigenvalue weighted by atomic mass is 32.2. The van der Waals surface area contributed by atoms with Crippen LogP contribution in [-0.4, -0.2) is 122 Å². The molecule has 10 atom stereocenters. The van der Waals surface area contributed by atoms with E-state index in [-0.39, 0.29) is 17.1 Å². The topological polar surface area (TPSA) is 173 Å². The molecular weight excluding hydrogens is 476 g/mol. The minimum absolute atomic E-state index is 0.146. The average molecular weight is 513 g/mol. The minimum atomic E-state index is -1.47. The molecule has 13 heteroatoms. The monoisotopic (exact) mass is 512 g/mol. The van der Waals surface area contributed by atoms with Crippen LogP contribution in [0.3, 0.4) is 0 Å². The van der Waals surface area contributed by atoms with Crippen LogP contribution in [0.25, 0.3) is 0 Å². The number of aliphatic hydroxyl groups is 6. The molecule has 4 aliphatic rings. The quantitative estimate of drug-likeness (QED) is 0.135. The van der Waals surface area contributed by atoms with Crippen molar-refractivity contribution in [3.63, 3.8) is 0 Å². The van der Waals surface area contributed by atoms with Gasteiger partial charge in [0.25, 0.3) is 0 Å². The van der Waals surface area contributed by atoms with Crippen molar-refractivity contribution in [1.82, 2.24) is 10.6 Å². The molecule has 4 rings (SSSR count). The van der Waals surface area contributed by atoms with Crippen LogP contribution >= 0.6 is 24.0 Å². The molecule has 192 valence electrons. The number of nitrogens with one attached hydrogen (secondary N) is 2. The number of rotatable bonds is 7. The maximum absolute atomic E-state index is 10.5. The molecular formula is C20H36N2O9S2. The third-order valence-electron chi connectivity index (χ3n) is 6.30. The standard InChI is InChI=1S/C20H36N2O9S2/c23-8-11-14(25)15(26)16(27)18(30-11)22-20(32)21-5-7-33-9-12-10-4-2-1-3-6-29-19(31-12)17(28)13(10)24/h10-19,23-28H,1-9H2,(H2,21,22,32)/t10?,11?,12?,13-,14-,15?,16+,17+,18+,19+/m0/s1. The van der Waals surface area contributed by atoms with E-state index in [0.29, 0.717) is 24.7 Å². The van der Waals surface area contributed by atoms with Gasteiger partial charge in [-0.25, -0.2) is 0 Å². The van der Waals surface area contributed by atoms with Crippen LogP contribution in [0, 0.1) is 5.92 Å². The van der Waals surface area contributed by atoms with E-state index in [4.69, 9.17) is 26.4 Å². The maximum Gasteiger partial charge on any atom is 0.186 e. The number of thiocarbonyl (C=S) groups is 1. The van der Waals surface area contributed by atoms with Crippen molar-refractivity contribution in [1.29, 1.82) is 0 Å². The van der Waals surface area contributed by atoms with Gasteiger partial charge in [-0.3, -0.25) is 0 Å². The Morgan fingerprint density at radius 3 is 2.45 bits per heavy atom.